The molecule has 0 aliphatic heterocycles. The summed E-state index contributed by atoms with van der Waals surface area (Å²) in [7, 11) is 0. The predicted octanol–water partition coefficient (Wildman–Crippen LogP) is 2.94. The summed E-state index contributed by atoms with van der Waals surface area (Å²) < 4.78 is 17.9. The van der Waals surface area contributed by atoms with Gasteiger partial charge in [0.25, 0.3) is 0 Å². The van der Waals surface area contributed by atoms with E-state index >= 15 is 0 Å². The summed E-state index contributed by atoms with van der Waals surface area (Å²) >= 11 is 5.54. The number of carbonyl (C=O) groups excluding carboxylic acids is 1. The second-order valence-electron chi connectivity index (χ2n) is 2.91. The van der Waals surface area contributed by atoms with Crippen molar-refractivity contribution in [2.24, 2.45) is 0 Å². The van der Waals surface area contributed by atoms with Crippen molar-refractivity contribution >= 4 is 23.3 Å². The molecule has 0 aromatic heterocycles. The highest BCUT2D eigenvalue weighted by Crippen LogP contribution is 2.19. The summed E-state index contributed by atoms with van der Waals surface area (Å²) in [5.41, 5.74) is -0.0996. The lowest BCUT2D eigenvalue weighted by molar-refractivity contribution is -0.137. The lowest BCUT2D eigenvalue weighted by Gasteiger charge is -2.02. The van der Waals surface area contributed by atoms with Crippen LogP contribution in [0.1, 0.15) is 12.5 Å². The summed E-state index contributed by atoms with van der Waals surface area (Å²) in [4.78, 5) is 11.0. The minimum atomic E-state index is -0.727. The van der Waals surface area contributed by atoms with Gasteiger partial charge in [-0.3, -0.25) is 0 Å². The van der Waals surface area contributed by atoms with Gasteiger partial charge in [0, 0.05) is 5.02 Å². The maximum atomic E-state index is 13.3. The first-order valence-corrected chi connectivity index (χ1v) is 4.95. The molecule has 0 fully saturated rings. The van der Waals surface area contributed by atoms with Crippen molar-refractivity contribution < 1.29 is 19.0 Å². The van der Waals surface area contributed by atoms with Crippen LogP contribution in [-0.4, -0.2) is 17.7 Å². The fourth-order valence-corrected chi connectivity index (χ4v) is 1.23. The Balaban J connectivity index is 2.96. The van der Waals surface area contributed by atoms with E-state index in [2.05, 4.69) is 4.74 Å². The van der Waals surface area contributed by atoms with Crippen molar-refractivity contribution in [1.82, 2.24) is 0 Å². The number of carbonyl (C=O) groups is 1. The molecule has 5 heteroatoms. The van der Waals surface area contributed by atoms with E-state index in [-0.39, 0.29) is 17.2 Å². The fraction of sp³-hybridized carbons (Fsp3) is 0.182. The Morgan fingerprint density at radius 3 is 2.88 bits per heavy atom. The molecule has 1 N–H and O–H groups in total. The summed E-state index contributed by atoms with van der Waals surface area (Å²) in [6.07, 6.45) is 0.815. The maximum absolute atomic E-state index is 13.3. The molecular formula is C11H10ClFO3. The number of benzene rings is 1. The van der Waals surface area contributed by atoms with Gasteiger partial charge >= 0.3 is 5.97 Å². The zero-order valence-corrected chi connectivity index (χ0v) is 9.29. The Bertz CT molecular complexity index is 429. The number of ether oxygens (including phenoxy) is 1. The zero-order chi connectivity index (χ0) is 12.1. The monoisotopic (exact) mass is 244 g/mol. The van der Waals surface area contributed by atoms with Crippen molar-refractivity contribution in [1.29, 1.82) is 0 Å². The second-order valence-corrected chi connectivity index (χ2v) is 3.34. The first-order valence-electron chi connectivity index (χ1n) is 4.57. The first kappa shape index (κ1) is 12.5. The number of hydrogen-bond donors (Lipinski definition) is 1. The standard InChI is InChI=1S/C11H10ClFO3/c1-2-16-11(15)6-10(14)8-4-3-7(12)5-9(8)13/h3-6,14H,2H2,1H3. The Kier molecular flexibility index (Phi) is 4.31. The van der Waals surface area contributed by atoms with Crippen LogP contribution >= 0.6 is 11.6 Å². The quantitative estimate of drug-likeness (QED) is 0.505. The van der Waals surface area contributed by atoms with E-state index in [1.54, 1.807) is 6.92 Å². The van der Waals surface area contributed by atoms with Crippen molar-refractivity contribution in [3.8, 4) is 0 Å². The predicted molar refractivity (Wildman–Crippen MR) is 58.6 cm³/mol. The van der Waals surface area contributed by atoms with Gasteiger partial charge in [-0.15, -0.1) is 0 Å². The minimum Gasteiger partial charge on any atom is -0.507 e. The lowest BCUT2D eigenvalue weighted by Crippen LogP contribution is -2.01. The van der Waals surface area contributed by atoms with Crippen LogP contribution in [0.25, 0.3) is 5.76 Å². The molecule has 0 unspecified atom stereocenters. The van der Waals surface area contributed by atoms with E-state index in [4.69, 9.17) is 11.6 Å². The zero-order valence-electron chi connectivity index (χ0n) is 8.54. The topological polar surface area (TPSA) is 46.5 Å². The molecule has 0 bridgehead atoms. The van der Waals surface area contributed by atoms with Crippen molar-refractivity contribution in [3.05, 3.63) is 40.7 Å². The fourth-order valence-electron chi connectivity index (χ4n) is 1.07. The average molecular weight is 245 g/mol. The lowest BCUT2D eigenvalue weighted by atomic mass is 10.1. The molecule has 16 heavy (non-hydrogen) atoms. The summed E-state index contributed by atoms with van der Waals surface area (Å²) in [6.45, 7) is 1.82. The molecule has 1 rings (SSSR count). The molecule has 0 spiro atoms. The Morgan fingerprint density at radius 1 is 1.62 bits per heavy atom. The van der Waals surface area contributed by atoms with E-state index in [1.807, 2.05) is 0 Å². The van der Waals surface area contributed by atoms with E-state index < -0.39 is 17.5 Å². The molecule has 86 valence electrons. The van der Waals surface area contributed by atoms with Gasteiger partial charge in [-0.25, -0.2) is 9.18 Å². The smallest absolute Gasteiger partial charge is 0.334 e. The van der Waals surface area contributed by atoms with Crippen LogP contribution in [0.2, 0.25) is 5.02 Å². The molecule has 0 aliphatic rings. The van der Waals surface area contributed by atoms with Crippen LogP contribution in [0.5, 0.6) is 0 Å². The largest absolute Gasteiger partial charge is 0.507 e. The Morgan fingerprint density at radius 2 is 2.31 bits per heavy atom. The molecule has 0 aliphatic carbocycles. The van der Waals surface area contributed by atoms with Crippen molar-refractivity contribution in [3.63, 3.8) is 0 Å². The third-order valence-corrected chi connectivity index (χ3v) is 1.98. The molecule has 1 aromatic carbocycles. The third kappa shape index (κ3) is 3.24. The number of aliphatic hydroxyl groups is 1. The average Bonchev–Trinajstić information content (AvgIpc) is 2.17. The van der Waals surface area contributed by atoms with Crippen LogP contribution < -0.4 is 0 Å². The van der Waals surface area contributed by atoms with E-state index in [9.17, 15) is 14.3 Å². The molecule has 1 aromatic rings. The molecule has 0 saturated carbocycles. The highest BCUT2D eigenvalue weighted by atomic mass is 35.5. The molecular weight excluding hydrogens is 235 g/mol. The highest BCUT2D eigenvalue weighted by Gasteiger charge is 2.09. The van der Waals surface area contributed by atoms with E-state index in [0.717, 1.165) is 12.1 Å². The summed E-state index contributed by atoms with van der Waals surface area (Å²) in [5.74, 6) is -1.92. The van der Waals surface area contributed by atoms with Crippen LogP contribution in [0, 0.1) is 5.82 Å². The van der Waals surface area contributed by atoms with Gasteiger partial charge in [-0.05, 0) is 25.1 Å². The van der Waals surface area contributed by atoms with Gasteiger partial charge in [0.1, 0.15) is 11.6 Å². The highest BCUT2D eigenvalue weighted by molar-refractivity contribution is 6.30. The van der Waals surface area contributed by atoms with Crippen LogP contribution in [0.15, 0.2) is 24.3 Å². The third-order valence-electron chi connectivity index (χ3n) is 1.75. The number of aliphatic hydroxyl groups excluding tert-OH is 1. The van der Waals surface area contributed by atoms with Crippen LogP contribution in [0.4, 0.5) is 4.39 Å². The second kappa shape index (κ2) is 5.51. The number of hydrogen-bond acceptors (Lipinski definition) is 3. The number of rotatable bonds is 3. The summed E-state index contributed by atoms with van der Waals surface area (Å²) in [6, 6.07) is 3.74. The van der Waals surface area contributed by atoms with Gasteiger partial charge < -0.3 is 9.84 Å². The van der Waals surface area contributed by atoms with Gasteiger partial charge in [0.05, 0.1) is 18.2 Å². The van der Waals surface area contributed by atoms with Crippen LogP contribution in [-0.2, 0) is 9.53 Å². The van der Waals surface area contributed by atoms with Gasteiger partial charge in [0.2, 0.25) is 0 Å². The van der Waals surface area contributed by atoms with Gasteiger partial charge in [0.15, 0.2) is 0 Å². The van der Waals surface area contributed by atoms with Crippen molar-refractivity contribution in [2.75, 3.05) is 6.61 Å². The normalized spacial score (nSPS) is 11.3. The molecule has 0 atom stereocenters. The molecule has 0 radical (unpaired) electrons. The SMILES string of the molecule is CCOC(=O)C=C(O)c1ccc(Cl)cc1F. The van der Waals surface area contributed by atoms with Crippen LogP contribution in [0.3, 0.4) is 0 Å². The first-order chi connectivity index (χ1) is 7.54. The molecule has 0 saturated heterocycles. The number of halogens is 2. The molecule has 0 heterocycles. The van der Waals surface area contributed by atoms with Crippen molar-refractivity contribution in [2.45, 2.75) is 6.92 Å². The van der Waals surface area contributed by atoms with E-state index in [1.165, 1.54) is 12.1 Å². The maximum Gasteiger partial charge on any atom is 0.334 e. The molecule has 3 nitrogen and oxygen atoms in total. The van der Waals surface area contributed by atoms with Gasteiger partial charge in [-0.2, -0.15) is 0 Å². The minimum absolute atomic E-state index is 0.0996. The summed E-state index contributed by atoms with van der Waals surface area (Å²) in [5, 5.41) is 9.68. The number of esters is 1. The Labute approximate surface area is 97.1 Å². The van der Waals surface area contributed by atoms with Gasteiger partial charge in [-0.1, -0.05) is 11.6 Å². The van der Waals surface area contributed by atoms with E-state index in [0.29, 0.717) is 0 Å². The molecule has 0 amide bonds. The Hall–Kier alpha value is -1.55.